The van der Waals surface area contributed by atoms with Crippen LogP contribution in [0.25, 0.3) is 0 Å². The van der Waals surface area contributed by atoms with Crippen molar-refractivity contribution in [2.24, 2.45) is 0 Å². The van der Waals surface area contributed by atoms with Gasteiger partial charge in [-0.25, -0.2) is 18.1 Å². The molecule has 0 fully saturated rings. The third kappa shape index (κ3) is 3.66. The fourth-order valence-electron chi connectivity index (χ4n) is 1.60. The minimum Gasteiger partial charge on any atom is -0.386 e. The molecule has 0 saturated carbocycles. The Bertz CT molecular complexity index is 500. The zero-order valence-electron chi connectivity index (χ0n) is 11.0. The van der Waals surface area contributed by atoms with Crippen LogP contribution in [0.3, 0.4) is 0 Å². The van der Waals surface area contributed by atoms with Crippen LogP contribution < -0.4 is 10.0 Å². The highest BCUT2D eigenvalue weighted by molar-refractivity contribution is 7.89. The number of hydrogen-bond acceptors (Lipinski definition) is 5. The highest BCUT2D eigenvalue weighted by Gasteiger charge is 2.28. The Balaban J connectivity index is 3.07. The lowest BCUT2D eigenvalue weighted by atomic mass is 10.1. The standard InChI is InChI=1S/C11H19N3O3S/c1-11(2,8-17-4)14-18(15,16)10-9(12-3)6-5-7-13-10/h5-7,12,14H,8H2,1-4H3. The van der Waals surface area contributed by atoms with E-state index in [9.17, 15) is 8.42 Å². The number of ether oxygens (including phenoxy) is 1. The highest BCUT2D eigenvalue weighted by atomic mass is 32.2. The van der Waals surface area contributed by atoms with Crippen molar-refractivity contribution in [2.45, 2.75) is 24.4 Å². The third-order valence-electron chi connectivity index (χ3n) is 2.21. The molecule has 1 heterocycles. The van der Waals surface area contributed by atoms with Crippen molar-refractivity contribution in [3.63, 3.8) is 0 Å². The molecule has 2 N–H and O–H groups in total. The van der Waals surface area contributed by atoms with E-state index in [-0.39, 0.29) is 11.6 Å². The van der Waals surface area contributed by atoms with Crippen LogP contribution in [-0.4, -0.2) is 39.7 Å². The molecular weight excluding hydrogens is 254 g/mol. The summed E-state index contributed by atoms with van der Waals surface area (Å²) >= 11 is 0. The van der Waals surface area contributed by atoms with E-state index in [1.165, 1.54) is 13.3 Å². The van der Waals surface area contributed by atoms with Crippen molar-refractivity contribution in [3.05, 3.63) is 18.3 Å². The summed E-state index contributed by atoms with van der Waals surface area (Å²) in [6.07, 6.45) is 1.44. The van der Waals surface area contributed by atoms with Gasteiger partial charge in [-0.1, -0.05) is 0 Å². The lowest BCUT2D eigenvalue weighted by Gasteiger charge is -2.25. The Morgan fingerprint density at radius 3 is 2.67 bits per heavy atom. The predicted molar refractivity (Wildman–Crippen MR) is 70.1 cm³/mol. The minimum absolute atomic E-state index is 0.0170. The number of aromatic nitrogens is 1. The van der Waals surface area contributed by atoms with Gasteiger partial charge in [0.05, 0.1) is 17.8 Å². The van der Waals surface area contributed by atoms with Crippen LogP contribution in [0.4, 0.5) is 5.69 Å². The van der Waals surface area contributed by atoms with Gasteiger partial charge >= 0.3 is 0 Å². The Morgan fingerprint density at radius 2 is 2.11 bits per heavy atom. The molecule has 0 aliphatic heterocycles. The van der Waals surface area contributed by atoms with Gasteiger partial charge in [-0.3, -0.25) is 0 Å². The van der Waals surface area contributed by atoms with E-state index in [0.717, 1.165) is 0 Å². The Kier molecular flexibility index (Phi) is 4.66. The predicted octanol–water partition coefficient (Wildman–Crippen LogP) is 0.827. The summed E-state index contributed by atoms with van der Waals surface area (Å²) in [4.78, 5) is 3.91. The molecule has 0 aromatic carbocycles. The van der Waals surface area contributed by atoms with E-state index >= 15 is 0 Å². The fourth-order valence-corrected chi connectivity index (χ4v) is 3.14. The van der Waals surface area contributed by atoms with Crippen LogP contribution in [0.5, 0.6) is 0 Å². The maximum absolute atomic E-state index is 12.2. The van der Waals surface area contributed by atoms with E-state index in [2.05, 4.69) is 15.0 Å². The van der Waals surface area contributed by atoms with Crippen LogP contribution >= 0.6 is 0 Å². The first kappa shape index (κ1) is 14.9. The van der Waals surface area contributed by atoms with Gasteiger partial charge in [0.15, 0.2) is 5.03 Å². The molecule has 0 spiro atoms. The molecule has 0 unspecified atom stereocenters. The summed E-state index contributed by atoms with van der Waals surface area (Å²) in [6, 6.07) is 3.33. The van der Waals surface area contributed by atoms with Crippen LogP contribution in [0, 0.1) is 0 Å². The summed E-state index contributed by atoms with van der Waals surface area (Å²) in [7, 11) is -0.514. The first-order valence-electron chi connectivity index (χ1n) is 5.48. The van der Waals surface area contributed by atoms with Crippen LogP contribution in [0.2, 0.25) is 0 Å². The summed E-state index contributed by atoms with van der Waals surface area (Å²) in [5.41, 5.74) is -0.242. The summed E-state index contributed by atoms with van der Waals surface area (Å²) in [5, 5.41) is 2.79. The van der Waals surface area contributed by atoms with Crippen molar-refractivity contribution in [2.75, 3.05) is 26.1 Å². The Hall–Kier alpha value is -1.18. The summed E-state index contributed by atoms with van der Waals surface area (Å²) in [6.45, 7) is 3.76. The van der Waals surface area contributed by atoms with Gasteiger partial charge in [0, 0.05) is 20.4 Å². The molecule has 0 aliphatic carbocycles. The third-order valence-corrected chi connectivity index (χ3v) is 3.87. The number of hydrogen-bond donors (Lipinski definition) is 2. The smallest absolute Gasteiger partial charge is 0.260 e. The molecule has 0 saturated heterocycles. The SMILES string of the molecule is CNc1cccnc1S(=O)(=O)NC(C)(C)COC. The molecule has 0 amide bonds. The number of methoxy groups -OCH3 is 1. The van der Waals surface area contributed by atoms with Gasteiger partial charge in [-0.05, 0) is 26.0 Å². The first-order chi connectivity index (χ1) is 8.32. The van der Waals surface area contributed by atoms with Gasteiger partial charge in [0.1, 0.15) is 0 Å². The highest BCUT2D eigenvalue weighted by Crippen LogP contribution is 2.19. The second-order valence-electron chi connectivity index (χ2n) is 4.53. The average Bonchev–Trinajstić information content (AvgIpc) is 2.27. The molecule has 6 nitrogen and oxygen atoms in total. The average molecular weight is 273 g/mol. The lowest BCUT2D eigenvalue weighted by molar-refractivity contribution is 0.141. The van der Waals surface area contributed by atoms with E-state index in [1.807, 2.05) is 0 Å². The van der Waals surface area contributed by atoms with Gasteiger partial charge in [0.2, 0.25) is 0 Å². The number of sulfonamides is 1. The van der Waals surface area contributed by atoms with Gasteiger partial charge in [0.25, 0.3) is 10.0 Å². The fraction of sp³-hybridized carbons (Fsp3) is 0.545. The second-order valence-corrected chi connectivity index (χ2v) is 6.13. The van der Waals surface area contributed by atoms with Crippen molar-refractivity contribution < 1.29 is 13.2 Å². The Morgan fingerprint density at radius 1 is 1.44 bits per heavy atom. The molecule has 0 radical (unpaired) electrons. The van der Waals surface area contributed by atoms with Crippen molar-refractivity contribution >= 4 is 15.7 Å². The molecule has 7 heteroatoms. The van der Waals surface area contributed by atoms with Crippen molar-refractivity contribution in [1.82, 2.24) is 9.71 Å². The van der Waals surface area contributed by atoms with Crippen LogP contribution in [0.1, 0.15) is 13.8 Å². The molecule has 1 rings (SSSR count). The molecule has 102 valence electrons. The number of rotatable bonds is 6. The van der Waals surface area contributed by atoms with Crippen LogP contribution in [0.15, 0.2) is 23.4 Å². The number of nitrogens with zero attached hydrogens (tertiary/aromatic N) is 1. The van der Waals surface area contributed by atoms with Crippen molar-refractivity contribution in [3.8, 4) is 0 Å². The van der Waals surface area contributed by atoms with Crippen molar-refractivity contribution in [1.29, 1.82) is 0 Å². The molecule has 1 aromatic rings. The molecule has 0 aliphatic rings. The molecule has 1 aromatic heterocycles. The first-order valence-corrected chi connectivity index (χ1v) is 6.96. The number of anilines is 1. The van der Waals surface area contributed by atoms with Gasteiger partial charge in [-0.2, -0.15) is 0 Å². The number of nitrogens with one attached hydrogen (secondary N) is 2. The lowest BCUT2D eigenvalue weighted by Crippen LogP contribution is -2.46. The second kappa shape index (κ2) is 5.64. The molecular formula is C11H19N3O3S. The maximum atomic E-state index is 12.2. The van der Waals surface area contributed by atoms with E-state index < -0.39 is 15.6 Å². The zero-order valence-corrected chi connectivity index (χ0v) is 11.8. The minimum atomic E-state index is -3.69. The topological polar surface area (TPSA) is 80.3 Å². The van der Waals surface area contributed by atoms with E-state index in [0.29, 0.717) is 5.69 Å². The Labute approximate surface area is 108 Å². The van der Waals surface area contributed by atoms with Gasteiger partial charge < -0.3 is 10.1 Å². The molecule has 0 bridgehead atoms. The largest absolute Gasteiger partial charge is 0.386 e. The van der Waals surface area contributed by atoms with Crippen LogP contribution in [-0.2, 0) is 14.8 Å². The quantitative estimate of drug-likeness (QED) is 0.802. The van der Waals surface area contributed by atoms with E-state index in [4.69, 9.17) is 4.74 Å². The summed E-state index contributed by atoms with van der Waals surface area (Å²) < 4.78 is 32.0. The number of pyridine rings is 1. The normalized spacial score (nSPS) is 12.4. The summed E-state index contributed by atoms with van der Waals surface area (Å²) in [5.74, 6) is 0. The van der Waals surface area contributed by atoms with E-state index in [1.54, 1.807) is 33.0 Å². The maximum Gasteiger partial charge on any atom is 0.260 e. The van der Waals surface area contributed by atoms with Gasteiger partial charge in [-0.15, -0.1) is 0 Å². The zero-order chi connectivity index (χ0) is 13.8. The molecule has 18 heavy (non-hydrogen) atoms. The monoisotopic (exact) mass is 273 g/mol. The molecule has 0 atom stereocenters.